The molecule has 0 radical (unpaired) electrons. The number of benzene rings is 1. The molecule has 0 spiro atoms. The highest BCUT2D eigenvalue weighted by atomic mass is 16.5. The Labute approximate surface area is 189 Å². The summed E-state index contributed by atoms with van der Waals surface area (Å²) in [6, 6.07) is 10.3. The summed E-state index contributed by atoms with van der Waals surface area (Å²) in [6.45, 7) is 5.79. The number of amides is 2. The molecule has 3 atom stereocenters. The Morgan fingerprint density at radius 2 is 1.81 bits per heavy atom. The number of fused-ring (bicyclic) bond motifs is 2. The molecule has 7 nitrogen and oxygen atoms in total. The lowest BCUT2D eigenvalue weighted by molar-refractivity contribution is 0.0922. The zero-order chi connectivity index (χ0) is 22.8. The molecule has 0 saturated carbocycles. The maximum Gasteiger partial charge on any atom is 0.253 e. The number of ether oxygens (including phenoxy) is 1. The smallest absolute Gasteiger partial charge is 0.253 e. The van der Waals surface area contributed by atoms with Gasteiger partial charge in [0, 0.05) is 41.5 Å². The lowest BCUT2D eigenvalue weighted by Crippen LogP contribution is -2.50. The zero-order valence-corrected chi connectivity index (χ0v) is 19.2. The van der Waals surface area contributed by atoms with Crippen molar-refractivity contribution in [3.63, 3.8) is 0 Å². The van der Waals surface area contributed by atoms with Crippen LogP contribution in [-0.2, 0) is 0 Å². The SMILES string of the molecule is COc1cccc(C(=O)NC2C[C@H]3CC[C@@H](C2)N3c2ccc(C(=O)NC(C)C)cn2)c1C. The third-order valence-corrected chi connectivity index (χ3v) is 6.51. The molecule has 1 aromatic heterocycles. The first-order valence-electron chi connectivity index (χ1n) is 11.4. The molecule has 170 valence electrons. The van der Waals surface area contributed by atoms with Gasteiger partial charge < -0.3 is 20.3 Å². The van der Waals surface area contributed by atoms with E-state index in [1.807, 2.05) is 51.1 Å². The van der Waals surface area contributed by atoms with Gasteiger partial charge in [-0.1, -0.05) is 6.07 Å². The van der Waals surface area contributed by atoms with E-state index in [1.54, 1.807) is 13.3 Å². The lowest BCUT2D eigenvalue weighted by atomic mass is 9.96. The van der Waals surface area contributed by atoms with E-state index in [0.29, 0.717) is 23.2 Å². The lowest BCUT2D eigenvalue weighted by Gasteiger charge is -2.40. The summed E-state index contributed by atoms with van der Waals surface area (Å²) >= 11 is 0. The quantitative estimate of drug-likeness (QED) is 0.725. The Morgan fingerprint density at radius 1 is 1.09 bits per heavy atom. The Kier molecular flexibility index (Phi) is 6.35. The highest BCUT2D eigenvalue weighted by molar-refractivity contribution is 5.96. The molecule has 2 N–H and O–H groups in total. The number of nitrogens with one attached hydrogen (secondary N) is 2. The van der Waals surface area contributed by atoms with Gasteiger partial charge in [0.1, 0.15) is 11.6 Å². The van der Waals surface area contributed by atoms with Crippen LogP contribution in [0.3, 0.4) is 0 Å². The highest BCUT2D eigenvalue weighted by Gasteiger charge is 2.41. The largest absolute Gasteiger partial charge is 0.496 e. The van der Waals surface area contributed by atoms with Crippen LogP contribution >= 0.6 is 0 Å². The Balaban J connectivity index is 1.42. The van der Waals surface area contributed by atoms with Crippen LogP contribution in [-0.4, -0.2) is 48.1 Å². The average Bonchev–Trinajstić information content (AvgIpc) is 3.03. The number of pyridine rings is 1. The predicted octanol–water partition coefficient (Wildman–Crippen LogP) is 3.47. The summed E-state index contributed by atoms with van der Waals surface area (Å²) in [4.78, 5) is 32.1. The molecule has 3 heterocycles. The van der Waals surface area contributed by atoms with Gasteiger partial charge in [-0.05, 0) is 70.7 Å². The molecule has 0 aliphatic carbocycles. The fourth-order valence-corrected chi connectivity index (χ4v) is 5.03. The number of rotatable bonds is 6. The fraction of sp³-hybridized carbons (Fsp3) is 0.480. The maximum absolute atomic E-state index is 12.9. The van der Waals surface area contributed by atoms with Crippen molar-refractivity contribution in [2.24, 2.45) is 0 Å². The van der Waals surface area contributed by atoms with E-state index in [2.05, 4.69) is 20.5 Å². The topological polar surface area (TPSA) is 83.6 Å². The van der Waals surface area contributed by atoms with Gasteiger partial charge >= 0.3 is 0 Å². The second kappa shape index (κ2) is 9.18. The van der Waals surface area contributed by atoms with Crippen LogP contribution in [0.25, 0.3) is 0 Å². The minimum Gasteiger partial charge on any atom is -0.496 e. The number of carbonyl (C=O) groups is 2. The van der Waals surface area contributed by atoms with Crippen molar-refractivity contribution in [1.82, 2.24) is 15.6 Å². The molecule has 2 amide bonds. The standard InChI is InChI=1S/C25H32N4O3/c1-15(2)27-24(30)17-8-11-23(26-14-17)29-19-9-10-20(29)13-18(12-19)28-25(31)21-6-5-7-22(32-4)16(21)3/h5-8,11,14-15,18-20H,9-10,12-13H2,1-4H3,(H,27,30)(H,28,31)/t18?,19-,20+. The summed E-state index contributed by atoms with van der Waals surface area (Å²) in [5, 5.41) is 6.14. The van der Waals surface area contributed by atoms with E-state index < -0.39 is 0 Å². The van der Waals surface area contributed by atoms with Crippen molar-refractivity contribution in [1.29, 1.82) is 0 Å². The number of methoxy groups -OCH3 is 1. The van der Waals surface area contributed by atoms with Gasteiger partial charge in [-0.25, -0.2) is 4.98 Å². The number of aromatic nitrogens is 1. The second-order valence-electron chi connectivity index (χ2n) is 9.10. The van der Waals surface area contributed by atoms with Gasteiger partial charge in [0.05, 0.1) is 12.7 Å². The molecular weight excluding hydrogens is 404 g/mol. The molecule has 2 aromatic rings. The summed E-state index contributed by atoms with van der Waals surface area (Å²) < 4.78 is 5.36. The van der Waals surface area contributed by atoms with Crippen molar-refractivity contribution < 1.29 is 14.3 Å². The number of anilines is 1. The second-order valence-corrected chi connectivity index (χ2v) is 9.10. The van der Waals surface area contributed by atoms with Crippen molar-refractivity contribution in [2.75, 3.05) is 12.0 Å². The van der Waals surface area contributed by atoms with Gasteiger partial charge in [0.25, 0.3) is 11.8 Å². The predicted molar refractivity (Wildman–Crippen MR) is 124 cm³/mol. The number of piperidine rings is 1. The fourth-order valence-electron chi connectivity index (χ4n) is 5.03. The van der Waals surface area contributed by atoms with E-state index in [-0.39, 0.29) is 23.9 Å². The van der Waals surface area contributed by atoms with Gasteiger partial charge in [0.2, 0.25) is 0 Å². The molecule has 2 saturated heterocycles. The van der Waals surface area contributed by atoms with Crippen LogP contribution < -0.4 is 20.3 Å². The first-order valence-corrected chi connectivity index (χ1v) is 11.4. The molecule has 2 aliphatic rings. The zero-order valence-electron chi connectivity index (χ0n) is 19.2. The van der Waals surface area contributed by atoms with Gasteiger partial charge in [-0.15, -0.1) is 0 Å². The van der Waals surface area contributed by atoms with E-state index in [4.69, 9.17) is 4.74 Å². The Hall–Kier alpha value is -3.09. The molecule has 2 fully saturated rings. The minimum absolute atomic E-state index is 0.0436. The monoisotopic (exact) mass is 436 g/mol. The normalized spacial score (nSPS) is 22.0. The Bertz CT molecular complexity index is 975. The average molecular weight is 437 g/mol. The van der Waals surface area contributed by atoms with Crippen LogP contribution in [0.15, 0.2) is 36.5 Å². The molecule has 32 heavy (non-hydrogen) atoms. The first-order chi connectivity index (χ1) is 15.4. The van der Waals surface area contributed by atoms with Crippen LogP contribution in [0, 0.1) is 6.92 Å². The number of hydrogen-bond acceptors (Lipinski definition) is 5. The molecular formula is C25H32N4O3. The third-order valence-electron chi connectivity index (χ3n) is 6.51. The van der Waals surface area contributed by atoms with Crippen LogP contribution in [0.1, 0.15) is 65.8 Å². The van der Waals surface area contributed by atoms with E-state index in [9.17, 15) is 9.59 Å². The number of hydrogen-bond donors (Lipinski definition) is 2. The van der Waals surface area contributed by atoms with E-state index in [1.165, 1.54) is 0 Å². The molecule has 1 aromatic carbocycles. The summed E-state index contributed by atoms with van der Waals surface area (Å²) in [6.07, 6.45) is 5.62. The third kappa shape index (κ3) is 4.42. The number of nitrogens with zero attached hydrogens (tertiary/aromatic N) is 2. The maximum atomic E-state index is 12.9. The molecule has 2 aliphatic heterocycles. The van der Waals surface area contributed by atoms with Crippen molar-refractivity contribution in [3.8, 4) is 5.75 Å². The summed E-state index contributed by atoms with van der Waals surface area (Å²) in [7, 11) is 1.62. The van der Waals surface area contributed by atoms with Crippen LogP contribution in [0.4, 0.5) is 5.82 Å². The Morgan fingerprint density at radius 3 is 2.41 bits per heavy atom. The van der Waals surface area contributed by atoms with Crippen LogP contribution in [0.2, 0.25) is 0 Å². The van der Waals surface area contributed by atoms with E-state index in [0.717, 1.165) is 42.8 Å². The van der Waals surface area contributed by atoms with E-state index >= 15 is 0 Å². The molecule has 4 rings (SSSR count). The van der Waals surface area contributed by atoms with Gasteiger partial charge in [-0.3, -0.25) is 9.59 Å². The summed E-state index contributed by atoms with van der Waals surface area (Å²) in [5.41, 5.74) is 2.10. The van der Waals surface area contributed by atoms with Crippen molar-refractivity contribution in [3.05, 3.63) is 53.2 Å². The van der Waals surface area contributed by atoms with Crippen molar-refractivity contribution >= 4 is 17.6 Å². The molecule has 2 bridgehead atoms. The number of carbonyl (C=O) groups excluding carboxylic acids is 2. The minimum atomic E-state index is -0.101. The van der Waals surface area contributed by atoms with Gasteiger partial charge in [-0.2, -0.15) is 0 Å². The molecule has 7 heteroatoms. The van der Waals surface area contributed by atoms with Gasteiger partial charge in [0.15, 0.2) is 0 Å². The van der Waals surface area contributed by atoms with Crippen LogP contribution in [0.5, 0.6) is 5.75 Å². The highest BCUT2D eigenvalue weighted by Crippen LogP contribution is 2.38. The molecule has 1 unspecified atom stereocenters. The van der Waals surface area contributed by atoms with Crippen molar-refractivity contribution in [2.45, 2.75) is 70.6 Å². The summed E-state index contributed by atoms with van der Waals surface area (Å²) in [5.74, 6) is 1.49. The first kappa shape index (κ1) is 22.1.